The van der Waals surface area contributed by atoms with E-state index in [4.69, 9.17) is 0 Å². The van der Waals surface area contributed by atoms with Crippen molar-refractivity contribution in [2.24, 2.45) is 5.92 Å². The number of carbonyl (C=O) groups is 2. The molecule has 0 saturated heterocycles. The summed E-state index contributed by atoms with van der Waals surface area (Å²) in [4.78, 5) is 24.2. The molecule has 0 aliphatic carbocycles. The summed E-state index contributed by atoms with van der Waals surface area (Å²) in [5.74, 6) is 1.38. The highest BCUT2D eigenvalue weighted by Gasteiger charge is 2.08. The van der Waals surface area contributed by atoms with Gasteiger partial charge >= 0.3 is 0 Å². The van der Waals surface area contributed by atoms with Gasteiger partial charge < -0.3 is 10.6 Å². The molecule has 0 heterocycles. The summed E-state index contributed by atoms with van der Waals surface area (Å²) in [6, 6.07) is 17.1. The fraction of sp³-hybridized carbons (Fsp3) is 0.300. The highest BCUT2D eigenvalue weighted by atomic mass is 32.2. The van der Waals surface area contributed by atoms with Crippen LogP contribution in [-0.2, 0) is 10.5 Å². The Balaban J connectivity index is 1.82. The molecule has 2 N–H and O–H groups in total. The molecule has 0 aliphatic rings. The van der Waals surface area contributed by atoms with Gasteiger partial charge in [-0.1, -0.05) is 50.2 Å². The molecule has 0 radical (unpaired) electrons. The molecule has 0 atom stereocenters. The molecule has 0 unspecified atom stereocenters. The van der Waals surface area contributed by atoms with Gasteiger partial charge in [0.25, 0.3) is 5.91 Å². The summed E-state index contributed by atoms with van der Waals surface area (Å²) in [5.41, 5.74) is 2.39. The van der Waals surface area contributed by atoms with Gasteiger partial charge in [-0.15, -0.1) is 11.8 Å². The summed E-state index contributed by atoms with van der Waals surface area (Å²) in [7, 11) is 0. The predicted molar refractivity (Wildman–Crippen MR) is 105 cm³/mol. The quantitative estimate of drug-likeness (QED) is 0.753. The van der Waals surface area contributed by atoms with E-state index in [1.807, 2.05) is 44.2 Å². The largest absolute Gasteiger partial charge is 0.352 e. The Kier molecular flexibility index (Phi) is 7.54. The third-order valence-corrected chi connectivity index (χ3v) is 4.43. The lowest BCUT2D eigenvalue weighted by molar-refractivity contribution is -0.113. The molecule has 2 aromatic carbocycles. The van der Waals surface area contributed by atoms with Crippen LogP contribution in [0.5, 0.6) is 0 Å². The second-order valence-corrected chi connectivity index (χ2v) is 7.20. The molecule has 2 aromatic rings. The molecule has 0 aliphatic heterocycles. The minimum Gasteiger partial charge on any atom is -0.352 e. The van der Waals surface area contributed by atoms with Crippen LogP contribution in [0.3, 0.4) is 0 Å². The number of thioether (sulfide) groups is 1. The zero-order valence-electron chi connectivity index (χ0n) is 14.6. The van der Waals surface area contributed by atoms with Crippen LogP contribution in [-0.4, -0.2) is 24.1 Å². The fourth-order valence-corrected chi connectivity index (χ4v) is 2.96. The Bertz CT molecular complexity index is 702. The van der Waals surface area contributed by atoms with E-state index >= 15 is 0 Å². The lowest BCUT2D eigenvalue weighted by atomic mass is 10.1. The number of anilines is 1. The fourth-order valence-electron chi connectivity index (χ4n) is 2.17. The predicted octanol–water partition coefficient (Wildman–Crippen LogP) is 3.94. The van der Waals surface area contributed by atoms with Crippen molar-refractivity contribution in [1.29, 1.82) is 0 Å². The van der Waals surface area contributed by atoms with Crippen LogP contribution in [0.1, 0.15) is 29.8 Å². The van der Waals surface area contributed by atoms with E-state index in [2.05, 4.69) is 10.6 Å². The zero-order chi connectivity index (χ0) is 18.1. The van der Waals surface area contributed by atoms with Crippen molar-refractivity contribution in [2.75, 3.05) is 17.6 Å². The first-order valence-corrected chi connectivity index (χ1v) is 9.50. The van der Waals surface area contributed by atoms with Crippen LogP contribution in [0.25, 0.3) is 0 Å². The summed E-state index contributed by atoms with van der Waals surface area (Å²) in [6.45, 7) is 4.72. The van der Waals surface area contributed by atoms with Gasteiger partial charge in [0.15, 0.2) is 0 Å². The first kappa shape index (κ1) is 19.1. The molecule has 0 bridgehead atoms. The smallest absolute Gasteiger partial charge is 0.251 e. The van der Waals surface area contributed by atoms with Gasteiger partial charge in [0, 0.05) is 23.5 Å². The van der Waals surface area contributed by atoms with E-state index in [0.29, 0.717) is 29.5 Å². The SMILES string of the molecule is CC(C)CNC(=O)c1cccc(NC(=O)CSCc2ccccc2)c1. The maximum absolute atomic E-state index is 12.1. The monoisotopic (exact) mass is 356 g/mol. The molecule has 5 heteroatoms. The van der Waals surface area contributed by atoms with Crippen LogP contribution < -0.4 is 10.6 Å². The highest BCUT2D eigenvalue weighted by Crippen LogP contribution is 2.14. The lowest BCUT2D eigenvalue weighted by Gasteiger charge is -2.09. The highest BCUT2D eigenvalue weighted by molar-refractivity contribution is 7.99. The Labute approximate surface area is 153 Å². The van der Waals surface area contributed by atoms with Crippen molar-refractivity contribution in [1.82, 2.24) is 5.32 Å². The molecule has 0 fully saturated rings. The second kappa shape index (κ2) is 9.89. The Hall–Kier alpha value is -2.27. The third kappa shape index (κ3) is 7.01. The molecular weight excluding hydrogens is 332 g/mol. The van der Waals surface area contributed by atoms with Gasteiger partial charge in [0.2, 0.25) is 5.91 Å². The number of hydrogen-bond donors (Lipinski definition) is 2. The molecular formula is C20H24N2O2S. The summed E-state index contributed by atoms with van der Waals surface area (Å²) < 4.78 is 0. The molecule has 2 amide bonds. The average Bonchev–Trinajstić information content (AvgIpc) is 2.60. The molecule has 0 aromatic heterocycles. The Morgan fingerprint density at radius 3 is 2.52 bits per heavy atom. The van der Waals surface area contributed by atoms with E-state index in [9.17, 15) is 9.59 Å². The van der Waals surface area contributed by atoms with Gasteiger partial charge in [-0.3, -0.25) is 9.59 Å². The van der Waals surface area contributed by atoms with Crippen molar-refractivity contribution < 1.29 is 9.59 Å². The molecule has 4 nitrogen and oxygen atoms in total. The molecule has 2 rings (SSSR count). The Morgan fingerprint density at radius 1 is 1.04 bits per heavy atom. The minimum atomic E-state index is -0.122. The number of rotatable bonds is 8. The lowest BCUT2D eigenvalue weighted by Crippen LogP contribution is -2.27. The van der Waals surface area contributed by atoms with E-state index in [0.717, 1.165) is 5.75 Å². The van der Waals surface area contributed by atoms with E-state index in [1.165, 1.54) is 5.56 Å². The first-order chi connectivity index (χ1) is 12.0. The van der Waals surface area contributed by atoms with Crippen molar-refractivity contribution >= 4 is 29.3 Å². The van der Waals surface area contributed by atoms with Gasteiger partial charge in [-0.05, 0) is 29.7 Å². The number of carbonyl (C=O) groups excluding carboxylic acids is 2. The summed E-state index contributed by atoms with van der Waals surface area (Å²) in [6.07, 6.45) is 0. The number of nitrogens with one attached hydrogen (secondary N) is 2. The standard InChI is InChI=1S/C20H24N2O2S/c1-15(2)12-21-20(24)17-9-6-10-18(11-17)22-19(23)14-25-13-16-7-4-3-5-8-16/h3-11,15H,12-14H2,1-2H3,(H,21,24)(H,22,23). The molecule has 132 valence electrons. The van der Waals surface area contributed by atoms with Crippen LogP contribution in [0.15, 0.2) is 54.6 Å². The number of hydrogen-bond acceptors (Lipinski definition) is 3. The van der Waals surface area contributed by atoms with Gasteiger partial charge in [0.05, 0.1) is 5.75 Å². The maximum Gasteiger partial charge on any atom is 0.251 e. The molecule has 25 heavy (non-hydrogen) atoms. The average molecular weight is 356 g/mol. The van der Waals surface area contributed by atoms with Crippen LogP contribution in [0.2, 0.25) is 0 Å². The zero-order valence-corrected chi connectivity index (χ0v) is 15.4. The van der Waals surface area contributed by atoms with E-state index < -0.39 is 0 Å². The minimum absolute atomic E-state index is 0.0688. The van der Waals surface area contributed by atoms with Crippen molar-refractivity contribution in [3.05, 3.63) is 65.7 Å². The summed E-state index contributed by atoms with van der Waals surface area (Å²) >= 11 is 1.56. The topological polar surface area (TPSA) is 58.2 Å². The summed E-state index contributed by atoms with van der Waals surface area (Å²) in [5, 5.41) is 5.72. The Morgan fingerprint density at radius 2 is 1.80 bits per heavy atom. The number of benzene rings is 2. The third-order valence-electron chi connectivity index (χ3n) is 3.42. The van der Waals surface area contributed by atoms with Gasteiger partial charge in [-0.25, -0.2) is 0 Å². The van der Waals surface area contributed by atoms with Crippen molar-refractivity contribution in [3.8, 4) is 0 Å². The van der Waals surface area contributed by atoms with E-state index in [-0.39, 0.29) is 11.8 Å². The van der Waals surface area contributed by atoms with Gasteiger partial charge in [-0.2, -0.15) is 0 Å². The first-order valence-electron chi connectivity index (χ1n) is 8.34. The van der Waals surface area contributed by atoms with Crippen LogP contribution >= 0.6 is 11.8 Å². The normalized spacial score (nSPS) is 10.5. The molecule has 0 spiro atoms. The number of amides is 2. The van der Waals surface area contributed by atoms with Crippen molar-refractivity contribution in [2.45, 2.75) is 19.6 Å². The molecule has 0 saturated carbocycles. The maximum atomic E-state index is 12.1. The van der Waals surface area contributed by atoms with E-state index in [1.54, 1.807) is 36.0 Å². The van der Waals surface area contributed by atoms with Crippen LogP contribution in [0, 0.1) is 5.92 Å². The van der Waals surface area contributed by atoms with Gasteiger partial charge in [0.1, 0.15) is 0 Å². The van der Waals surface area contributed by atoms with Crippen molar-refractivity contribution in [3.63, 3.8) is 0 Å². The van der Waals surface area contributed by atoms with Crippen LogP contribution in [0.4, 0.5) is 5.69 Å². The second-order valence-electron chi connectivity index (χ2n) is 6.21.